The van der Waals surface area contributed by atoms with Crippen molar-refractivity contribution in [3.63, 3.8) is 0 Å². The van der Waals surface area contributed by atoms with Gasteiger partial charge in [-0.3, -0.25) is 14.2 Å². The van der Waals surface area contributed by atoms with Gasteiger partial charge in [0.2, 0.25) is 0 Å². The van der Waals surface area contributed by atoms with Gasteiger partial charge in [0.25, 0.3) is 5.91 Å². The Labute approximate surface area is 151 Å². The summed E-state index contributed by atoms with van der Waals surface area (Å²) in [6.07, 6.45) is 4.97. The molecule has 3 fully saturated rings. The molecule has 0 aromatic heterocycles. The van der Waals surface area contributed by atoms with E-state index in [1.807, 2.05) is 0 Å². The summed E-state index contributed by atoms with van der Waals surface area (Å²) in [5, 5.41) is 4.00. The molecule has 3 rings (SSSR count). The molecule has 0 aromatic carbocycles. The molecular formula is C14H24N4O7S. The average molecular weight is 392 g/mol. The summed E-state index contributed by atoms with van der Waals surface area (Å²) in [5.41, 5.74) is 2.37. The van der Waals surface area contributed by atoms with Crippen molar-refractivity contribution in [3.8, 4) is 0 Å². The summed E-state index contributed by atoms with van der Waals surface area (Å²) >= 11 is 0. The third-order valence-electron chi connectivity index (χ3n) is 4.95. The first kappa shape index (κ1) is 19.3. The molecule has 11 nitrogen and oxygen atoms in total. The first-order valence-electron chi connectivity index (χ1n) is 8.77. The summed E-state index contributed by atoms with van der Waals surface area (Å²) in [6, 6.07) is -1.66. The Kier molecular flexibility index (Phi) is 5.97. The number of rotatable bonds is 7. The molecule has 3 saturated heterocycles. The predicted octanol–water partition coefficient (Wildman–Crippen LogP) is -0.431. The highest BCUT2D eigenvalue weighted by atomic mass is 32.3. The number of carbonyl (C=O) groups excluding carboxylic acids is 2. The van der Waals surface area contributed by atoms with E-state index >= 15 is 0 Å². The van der Waals surface area contributed by atoms with E-state index in [0.29, 0.717) is 30.6 Å². The van der Waals surface area contributed by atoms with Crippen LogP contribution in [-0.4, -0.2) is 72.7 Å². The van der Waals surface area contributed by atoms with Gasteiger partial charge < -0.3 is 10.2 Å². The molecule has 26 heavy (non-hydrogen) atoms. The zero-order valence-electron chi connectivity index (χ0n) is 14.3. The second kappa shape index (κ2) is 8.05. The molecule has 3 aliphatic rings. The third kappa shape index (κ3) is 4.62. The van der Waals surface area contributed by atoms with E-state index in [-0.39, 0.29) is 6.54 Å². The smallest absolute Gasteiger partial charge is 0.314 e. The van der Waals surface area contributed by atoms with Crippen LogP contribution in [0.2, 0.25) is 0 Å². The molecule has 3 atom stereocenters. The molecule has 3 amide bonds. The topological polar surface area (TPSA) is 138 Å². The maximum Gasteiger partial charge on any atom is 0.418 e. The van der Waals surface area contributed by atoms with Crippen LogP contribution >= 0.6 is 0 Å². The fourth-order valence-corrected chi connectivity index (χ4v) is 4.05. The Morgan fingerprint density at radius 3 is 2.81 bits per heavy atom. The number of fused-ring (bicyclic) bond motifs is 2. The summed E-state index contributed by atoms with van der Waals surface area (Å²) in [4.78, 5) is 31.0. The zero-order chi connectivity index (χ0) is 18.7. The van der Waals surface area contributed by atoms with Gasteiger partial charge in [0.05, 0.1) is 12.6 Å². The number of nitrogens with zero attached hydrogens (tertiary/aromatic N) is 2. The van der Waals surface area contributed by atoms with Gasteiger partial charge in [-0.25, -0.2) is 10.3 Å². The van der Waals surface area contributed by atoms with Gasteiger partial charge in [0.1, 0.15) is 6.04 Å². The minimum atomic E-state index is -4.80. The van der Waals surface area contributed by atoms with E-state index in [1.165, 1.54) is 17.7 Å². The van der Waals surface area contributed by atoms with Gasteiger partial charge in [-0.2, -0.15) is 13.5 Å². The molecule has 3 N–H and O–H groups in total. The highest BCUT2D eigenvalue weighted by Gasteiger charge is 2.49. The second-order valence-electron chi connectivity index (χ2n) is 6.76. The van der Waals surface area contributed by atoms with Crippen molar-refractivity contribution in [2.75, 3.05) is 19.7 Å². The lowest BCUT2D eigenvalue weighted by molar-refractivity contribution is -0.139. The van der Waals surface area contributed by atoms with Crippen LogP contribution in [0.4, 0.5) is 4.79 Å². The number of amides is 3. The van der Waals surface area contributed by atoms with E-state index < -0.39 is 34.4 Å². The normalized spacial score (nSPS) is 29.1. The highest BCUT2D eigenvalue weighted by molar-refractivity contribution is 7.80. The van der Waals surface area contributed by atoms with Crippen molar-refractivity contribution in [1.82, 2.24) is 20.8 Å². The first-order valence-corrected chi connectivity index (χ1v) is 10.1. The molecule has 3 aliphatic heterocycles. The Hall–Kier alpha value is -1.47. The molecule has 148 valence electrons. The van der Waals surface area contributed by atoms with Crippen LogP contribution in [0.25, 0.3) is 0 Å². The minimum Gasteiger partial charge on any atom is -0.314 e. The predicted molar refractivity (Wildman–Crippen MR) is 87.7 cm³/mol. The Morgan fingerprint density at radius 2 is 2.12 bits per heavy atom. The summed E-state index contributed by atoms with van der Waals surface area (Å²) in [5.74, 6) is -0.456. The maximum atomic E-state index is 12.3. The van der Waals surface area contributed by atoms with Crippen molar-refractivity contribution in [2.45, 2.75) is 56.7 Å². The van der Waals surface area contributed by atoms with Gasteiger partial charge in [-0.1, -0.05) is 6.42 Å². The van der Waals surface area contributed by atoms with Gasteiger partial charge in [0, 0.05) is 12.6 Å². The van der Waals surface area contributed by atoms with Gasteiger partial charge in [-0.05, 0) is 38.6 Å². The van der Waals surface area contributed by atoms with Crippen LogP contribution in [0.5, 0.6) is 0 Å². The lowest BCUT2D eigenvalue weighted by Gasteiger charge is -2.29. The molecule has 12 heteroatoms. The van der Waals surface area contributed by atoms with Crippen LogP contribution in [0.1, 0.15) is 38.5 Å². The maximum absolute atomic E-state index is 12.3. The number of urea groups is 1. The fraction of sp³-hybridized carbons (Fsp3) is 0.857. The lowest BCUT2D eigenvalue weighted by atomic mass is 10.0. The Morgan fingerprint density at radius 1 is 1.31 bits per heavy atom. The molecule has 0 spiro atoms. The van der Waals surface area contributed by atoms with Crippen molar-refractivity contribution >= 4 is 22.3 Å². The lowest BCUT2D eigenvalue weighted by Crippen LogP contribution is -2.50. The third-order valence-corrected chi connectivity index (χ3v) is 5.30. The van der Waals surface area contributed by atoms with E-state index in [9.17, 15) is 18.0 Å². The quantitative estimate of drug-likeness (QED) is 0.301. The number of hydrogen-bond donors (Lipinski definition) is 3. The van der Waals surface area contributed by atoms with Crippen LogP contribution in [-0.2, 0) is 24.3 Å². The van der Waals surface area contributed by atoms with Gasteiger partial charge in [-0.15, -0.1) is 4.28 Å². The summed E-state index contributed by atoms with van der Waals surface area (Å²) in [6.45, 7) is 1.52. The van der Waals surface area contributed by atoms with Crippen LogP contribution in [0.3, 0.4) is 0 Å². The second-order valence-corrected chi connectivity index (χ2v) is 7.76. The zero-order valence-corrected chi connectivity index (χ0v) is 15.1. The van der Waals surface area contributed by atoms with Crippen molar-refractivity contribution in [1.29, 1.82) is 0 Å². The molecule has 0 aliphatic carbocycles. The molecule has 3 heterocycles. The van der Waals surface area contributed by atoms with E-state index in [2.05, 4.69) is 15.1 Å². The highest BCUT2D eigenvalue weighted by Crippen LogP contribution is 2.30. The molecule has 0 radical (unpaired) electrons. The summed E-state index contributed by atoms with van der Waals surface area (Å²) in [7, 11) is -4.80. The SMILES string of the molecule is O=C(NOCCC1CCCCN1)C1CCC2CN1C(=O)N2OS(=O)(=O)O. The monoisotopic (exact) mass is 392 g/mol. The van der Waals surface area contributed by atoms with Gasteiger partial charge in [0.15, 0.2) is 0 Å². The molecule has 0 aromatic rings. The number of hydroxylamine groups is 3. The van der Waals surface area contributed by atoms with Crippen molar-refractivity contribution in [3.05, 3.63) is 0 Å². The van der Waals surface area contributed by atoms with Crippen LogP contribution in [0, 0.1) is 0 Å². The Balaban J connectivity index is 1.46. The molecular weight excluding hydrogens is 368 g/mol. The van der Waals surface area contributed by atoms with Crippen molar-refractivity contribution < 1.29 is 31.7 Å². The van der Waals surface area contributed by atoms with Crippen molar-refractivity contribution in [2.24, 2.45) is 0 Å². The average Bonchev–Trinajstić information content (AvgIpc) is 2.83. The fourth-order valence-electron chi connectivity index (χ4n) is 3.67. The number of hydrogen-bond acceptors (Lipinski definition) is 7. The van der Waals surface area contributed by atoms with Crippen LogP contribution in [0.15, 0.2) is 0 Å². The number of nitrogens with one attached hydrogen (secondary N) is 2. The van der Waals surface area contributed by atoms with Crippen LogP contribution < -0.4 is 10.8 Å². The number of carbonyl (C=O) groups is 2. The minimum absolute atomic E-state index is 0.151. The molecule has 0 saturated carbocycles. The first-order chi connectivity index (χ1) is 12.3. The molecule has 3 unspecified atom stereocenters. The number of piperidine rings is 2. The standard InChI is InChI=1S/C14H24N4O7S/c19-13(16-24-8-6-10-3-1-2-7-15-10)12-5-4-11-9-17(12)14(20)18(11)25-26(21,22)23/h10-12,15H,1-9H2,(H,16,19)(H,21,22,23). The Bertz CT molecular complexity index is 637. The largest absolute Gasteiger partial charge is 0.418 e. The van der Waals surface area contributed by atoms with E-state index in [0.717, 1.165) is 19.4 Å². The summed E-state index contributed by atoms with van der Waals surface area (Å²) < 4.78 is 34.8. The molecule has 2 bridgehead atoms. The van der Waals surface area contributed by atoms with E-state index in [1.54, 1.807) is 0 Å². The van der Waals surface area contributed by atoms with Gasteiger partial charge >= 0.3 is 16.4 Å². The van der Waals surface area contributed by atoms with E-state index in [4.69, 9.17) is 9.39 Å².